The van der Waals surface area contributed by atoms with Crippen LogP contribution in [0.15, 0.2) is 24.3 Å². The van der Waals surface area contributed by atoms with E-state index in [1.165, 1.54) is 28.3 Å². The molecule has 1 saturated heterocycles. The summed E-state index contributed by atoms with van der Waals surface area (Å²) in [6, 6.07) is 6.53. The molecule has 0 radical (unpaired) electrons. The number of halogens is 1. The van der Waals surface area contributed by atoms with Crippen molar-refractivity contribution in [3.63, 3.8) is 0 Å². The van der Waals surface area contributed by atoms with Gasteiger partial charge in [-0.05, 0) is 75.3 Å². The highest BCUT2D eigenvalue weighted by Gasteiger charge is 2.30. The SMILES string of the molecule is CCOC(=O)c1c(NC(=O)[C@H]2CCCN(Cc3ccc(F)cc3)C2)sc2c1CCCC2. The average Bonchev–Trinajstić information content (AvgIpc) is 3.13. The molecular weight excluding hydrogens is 415 g/mol. The molecule has 0 bridgehead atoms. The first-order valence-electron chi connectivity index (χ1n) is 11.1. The van der Waals surface area contributed by atoms with Crippen molar-refractivity contribution in [1.29, 1.82) is 0 Å². The molecule has 1 aliphatic carbocycles. The summed E-state index contributed by atoms with van der Waals surface area (Å²) in [5, 5.41) is 3.72. The molecule has 2 aliphatic rings. The van der Waals surface area contributed by atoms with Crippen LogP contribution in [0, 0.1) is 11.7 Å². The highest BCUT2D eigenvalue weighted by Crippen LogP contribution is 2.39. The third-order valence-electron chi connectivity index (χ3n) is 6.08. The summed E-state index contributed by atoms with van der Waals surface area (Å²) in [6.45, 7) is 4.39. The molecule has 31 heavy (non-hydrogen) atoms. The van der Waals surface area contributed by atoms with Crippen LogP contribution >= 0.6 is 11.3 Å². The van der Waals surface area contributed by atoms with Crippen LogP contribution in [0.2, 0.25) is 0 Å². The summed E-state index contributed by atoms with van der Waals surface area (Å²) >= 11 is 1.53. The third kappa shape index (κ3) is 5.15. The number of likely N-dealkylation sites (tertiary alicyclic amines) is 1. The summed E-state index contributed by atoms with van der Waals surface area (Å²) < 4.78 is 18.5. The van der Waals surface area contributed by atoms with E-state index in [1.54, 1.807) is 19.1 Å². The number of nitrogens with one attached hydrogen (secondary N) is 1. The van der Waals surface area contributed by atoms with Crippen molar-refractivity contribution in [2.75, 3.05) is 25.0 Å². The molecule has 2 heterocycles. The summed E-state index contributed by atoms with van der Waals surface area (Å²) in [7, 11) is 0. The van der Waals surface area contributed by atoms with E-state index in [1.807, 2.05) is 0 Å². The fourth-order valence-electron chi connectivity index (χ4n) is 4.55. The van der Waals surface area contributed by atoms with Crippen LogP contribution in [0.3, 0.4) is 0 Å². The monoisotopic (exact) mass is 444 g/mol. The van der Waals surface area contributed by atoms with Crippen LogP contribution < -0.4 is 5.32 Å². The quantitative estimate of drug-likeness (QED) is 0.651. The number of ether oxygens (including phenoxy) is 1. The molecule has 0 spiro atoms. The van der Waals surface area contributed by atoms with Crippen LogP contribution in [0.5, 0.6) is 0 Å². The predicted octanol–water partition coefficient (Wildman–Crippen LogP) is 4.79. The van der Waals surface area contributed by atoms with Crippen LogP contribution in [0.25, 0.3) is 0 Å². The van der Waals surface area contributed by atoms with Gasteiger partial charge >= 0.3 is 5.97 Å². The lowest BCUT2D eigenvalue weighted by atomic mass is 9.95. The Kier molecular flexibility index (Phi) is 7.02. The number of esters is 1. The number of hydrogen-bond acceptors (Lipinski definition) is 5. The van der Waals surface area contributed by atoms with Gasteiger partial charge in [-0.3, -0.25) is 9.69 Å². The van der Waals surface area contributed by atoms with Crippen LogP contribution in [-0.4, -0.2) is 36.5 Å². The van der Waals surface area contributed by atoms with E-state index < -0.39 is 0 Å². The van der Waals surface area contributed by atoms with E-state index >= 15 is 0 Å². The van der Waals surface area contributed by atoms with Gasteiger partial charge in [0.05, 0.1) is 18.1 Å². The number of nitrogens with zero attached hydrogens (tertiary/aromatic N) is 1. The van der Waals surface area contributed by atoms with E-state index in [0.717, 1.165) is 56.2 Å². The Labute approximate surface area is 186 Å². The average molecular weight is 445 g/mol. The highest BCUT2D eigenvalue weighted by atomic mass is 32.1. The lowest BCUT2D eigenvalue weighted by Gasteiger charge is -2.32. The summed E-state index contributed by atoms with van der Waals surface area (Å²) in [4.78, 5) is 29.2. The first kappa shape index (κ1) is 22.0. The van der Waals surface area contributed by atoms with Crippen molar-refractivity contribution >= 4 is 28.2 Å². The lowest BCUT2D eigenvalue weighted by Crippen LogP contribution is -2.40. The Hall–Kier alpha value is -2.25. The number of aryl methyl sites for hydroxylation is 1. The molecule has 0 saturated carbocycles. The molecular formula is C24H29FN2O3S. The van der Waals surface area contributed by atoms with Crippen molar-refractivity contribution in [1.82, 2.24) is 4.90 Å². The van der Waals surface area contributed by atoms with Gasteiger partial charge in [-0.2, -0.15) is 0 Å². The van der Waals surface area contributed by atoms with Gasteiger partial charge in [-0.25, -0.2) is 9.18 Å². The van der Waals surface area contributed by atoms with Gasteiger partial charge in [0.1, 0.15) is 10.8 Å². The molecule has 1 aromatic heterocycles. The number of anilines is 1. The van der Waals surface area contributed by atoms with Gasteiger partial charge in [0.15, 0.2) is 0 Å². The van der Waals surface area contributed by atoms with E-state index in [-0.39, 0.29) is 23.6 Å². The van der Waals surface area contributed by atoms with Crippen LogP contribution in [0.1, 0.15) is 59.0 Å². The topological polar surface area (TPSA) is 58.6 Å². The minimum atomic E-state index is -0.334. The molecule has 1 aromatic carbocycles. The van der Waals surface area contributed by atoms with Crippen molar-refractivity contribution < 1.29 is 18.7 Å². The van der Waals surface area contributed by atoms with Crippen molar-refractivity contribution in [3.05, 3.63) is 51.7 Å². The predicted molar refractivity (Wildman–Crippen MR) is 120 cm³/mol. The zero-order chi connectivity index (χ0) is 21.8. The second kappa shape index (κ2) is 9.92. The normalized spacial score (nSPS) is 19.0. The van der Waals surface area contributed by atoms with Gasteiger partial charge in [0, 0.05) is 18.0 Å². The molecule has 5 nitrogen and oxygen atoms in total. The second-order valence-electron chi connectivity index (χ2n) is 8.33. The molecule has 1 atom stereocenters. The number of fused-ring (bicyclic) bond motifs is 1. The lowest BCUT2D eigenvalue weighted by molar-refractivity contribution is -0.121. The van der Waals surface area contributed by atoms with Crippen LogP contribution in [0.4, 0.5) is 9.39 Å². The summed E-state index contributed by atoms with van der Waals surface area (Å²) in [6.07, 6.45) is 5.76. The molecule has 4 rings (SSSR count). The zero-order valence-corrected chi connectivity index (χ0v) is 18.7. The van der Waals surface area contributed by atoms with Crippen LogP contribution in [-0.2, 0) is 28.9 Å². The fourth-order valence-corrected chi connectivity index (χ4v) is 5.83. The van der Waals surface area contributed by atoms with E-state index in [2.05, 4.69) is 10.2 Å². The number of benzene rings is 1. The Morgan fingerprint density at radius 3 is 2.74 bits per heavy atom. The van der Waals surface area contributed by atoms with Gasteiger partial charge in [-0.15, -0.1) is 11.3 Å². The number of thiophene rings is 1. The molecule has 7 heteroatoms. The Bertz CT molecular complexity index is 941. The molecule has 1 fully saturated rings. The maximum atomic E-state index is 13.2. The van der Waals surface area contributed by atoms with Gasteiger partial charge < -0.3 is 10.1 Å². The van der Waals surface area contributed by atoms with Gasteiger partial charge in [0.2, 0.25) is 5.91 Å². The standard InChI is InChI=1S/C24H29FN2O3S/c1-2-30-24(29)21-19-7-3-4-8-20(19)31-23(21)26-22(28)17-6-5-13-27(15-17)14-16-9-11-18(25)12-10-16/h9-12,17H,2-8,13-15H2,1H3,(H,26,28)/t17-/m0/s1. The summed E-state index contributed by atoms with van der Waals surface area (Å²) in [5.41, 5.74) is 2.67. The maximum absolute atomic E-state index is 13.2. The maximum Gasteiger partial charge on any atom is 0.341 e. The summed E-state index contributed by atoms with van der Waals surface area (Å²) in [5.74, 6) is -0.745. The number of hydrogen-bond donors (Lipinski definition) is 1. The smallest absolute Gasteiger partial charge is 0.341 e. The molecule has 1 N–H and O–H groups in total. The Morgan fingerprint density at radius 2 is 1.97 bits per heavy atom. The molecule has 1 amide bonds. The number of carbonyl (C=O) groups excluding carboxylic acids is 2. The fraction of sp³-hybridized carbons (Fsp3) is 0.500. The highest BCUT2D eigenvalue weighted by molar-refractivity contribution is 7.17. The van der Waals surface area contributed by atoms with Crippen molar-refractivity contribution in [2.24, 2.45) is 5.92 Å². The Morgan fingerprint density at radius 1 is 1.19 bits per heavy atom. The number of rotatable bonds is 6. The van der Waals surface area contributed by atoms with Gasteiger partial charge in [0.25, 0.3) is 0 Å². The van der Waals surface area contributed by atoms with Crippen molar-refractivity contribution in [3.8, 4) is 0 Å². The number of amides is 1. The third-order valence-corrected chi connectivity index (χ3v) is 7.29. The number of piperidine rings is 1. The van der Waals surface area contributed by atoms with E-state index in [0.29, 0.717) is 30.3 Å². The van der Waals surface area contributed by atoms with Gasteiger partial charge in [-0.1, -0.05) is 12.1 Å². The number of carbonyl (C=O) groups is 2. The molecule has 166 valence electrons. The zero-order valence-electron chi connectivity index (χ0n) is 17.9. The van der Waals surface area contributed by atoms with Crippen molar-refractivity contribution in [2.45, 2.75) is 52.0 Å². The first-order chi connectivity index (χ1) is 15.0. The largest absolute Gasteiger partial charge is 0.462 e. The molecule has 2 aromatic rings. The Balaban J connectivity index is 1.45. The van der Waals surface area contributed by atoms with E-state index in [9.17, 15) is 14.0 Å². The second-order valence-corrected chi connectivity index (χ2v) is 9.43. The molecule has 0 unspecified atom stereocenters. The minimum absolute atomic E-state index is 0.0343. The van der Waals surface area contributed by atoms with E-state index in [4.69, 9.17) is 4.74 Å². The first-order valence-corrected chi connectivity index (χ1v) is 12.0. The molecule has 1 aliphatic heterocycles. The minimum Gasteiger partial charge on any atom is -0.462 e.